The maximum Gasteiger partial charge on any atom is 0.137 e. The summed E-state index contributed by atoms with van der Waals surface area (Å²) in [6.07, 6.45) is 7.61. The molecule has 0 saturated carbocycles. The third-order valence-corrected chi connectivity index (χ3v) is 5.59. The van der Waals surface area contributed by atoms with Crippen molar-refractivity contribution in [3.05, 3.63) is 67.3 Å². The predicted molar refractivity (Wildman–Crippen MR) is 114 cm³/mol. The van der Waals surface area contributed by atoms with E-state index in [0.29, 0.717) is 0 Å². The van der Waals surface area contributed by atoms with E-state index in [-0.39, 0.29) is 0 Å². The number of H-pyrrole nitrogens is 1. The fourth-order valence-corrected chi connectivity index (χ4v) is 3.86. The number of rotatable bonds is 3. The molecule has 1 N–H and O–H groups in total. The summed E-state index contributed by atoms with van der Waals surface area (Å²) in [6.45, 7) is 4.41. The second-order valence-corrected chi connectivity index (χ2v) is 7.40. The van der Waals surface area contributed by atoms with E-state index in [2.05, 4.69) is 62.1 Å². The van der Waals surface area contributed by atoms with Gasteiger partial charge in [0.15, 0.2) is 0 Å². The standard InChI is InChI=1S/C23H23N5/c1-27-10-12-28(13-11-27)20-4-2-17(3-5-20)19-14-21-22(16-26-23(21)25-15-19)18-6-8-24-9-7-18/h2-9,14-16H,10-13H2,1H3,(H,25,26). The smallest absolute Gasteiger partial charge is 0.137 e. The molecule has 0 unspecified atom stereocenters. The lowest BCUT2D eigenvalue weighted by molar-refractivity contribution is 0.313. The van der Waals surface area contributed by atoms with E-state index in [9.17, 15) is 0 Å². The number of nitrogens with zero attached hydrogens (tertiary/aromatic N) is 4. The van der Waals surface area contributed by atoms with Gasteiger partial charge in [-0.05, 0) is 48.5 Å². The molecule has 1 saturated heterocycles. The lowest BCUT2D eigenvalue weighted by Gasteiger charge is -2.34. The van der Waals surface area contributed by atoms with E-state index in [1.54, 1.807) is 0 Å². The topological polar surface area (TPSA) is 48.0 Å². The van der Waals surface area contributed by atoms with Gasteiger partial charge in [-0.3, -0.25) is 4.98 Å². The van der Waals surface area contributed by atoms with Gasteiger partial charge in [0, 0.05) is 73.2 Å². The lowest BCUT2D eigenvalue weighted by Crippen LogP contribution is -2.44. The highest BCUT2D eigenvalue weighted by Crippen LogP contribution is 2.31. The Kier molecular flexibility index (Phi) is 4.29. The zero-order chi connectivity index (χ0) is 18.9. The van der Waals surface area contributed by atoms with Gasteiger partial charge in [0.25, 0.3) is 0 Å². The van der Waals surface area contributed by atoms with E-state index < -0.39 is 0 Å². The van der Waals surface area contributed by atoms with Gasteiger partial charge in [0.1, 0.15) is 5.65 Å². The maximum absolute atomic E-state index is 4.64. The van der Waals surface area contributed by atoms with E-state index in [1.807, 2.05) is 36.9 Å². The molecule has 0 spiro atoms. The molecule has 4 heterocycles. The summed E-state index contributed by atoms with van der Waals surface area (Å²) in [5, 5.41) is 1.13. The van der Waals surface area contributed by atoms with Gasteiger partial charge in [-0.25, -0.2) is 4.98 Å². The molecule has 5 heteroatoms. The van der Waals surface area contributed by atoms with E-state index in [1.165, 1.54) is 11.3 Å². The van der Waals surface area contributed by atoms with Crippen molar-refractivity contribution in [3.8, 4) is 22.3 Å². The SMILES string of the molecule is CN1CCN(c2ccc(-c3cnc4[nH]cc(-c5ccncc5)c4c3)cc2)CC1. The van der Waals surface area contributed by atoms with Crippen molar-refractivity contribution in [2.24, 2.45) is 0 Å². The lowest BCUT2D eigenvalue weighted by atomic mass is 10.0. The van der Waals surface area contributed by atoms with Gasteiger partial charge >= 0.3 is 0 Å². The van der Waals surface area contributed by atoms with Gasteiger partial charge in [0.2, 0.25) is 0 Å². The number of fused-ring (bicyclic) bond motifs is 1. The molecule has 5 nitrogen and oxygen atoms in total. The van der Waals surface area contributed by atoms with Crippen molar-refractivity contribution in [2.45, 2.75) is 0 Å². The molecule has 0 atom stereocenters. The number of aromatic nitrogens is 3. The summed E-state index contributed by atoms with van der Waals surface area (Å²) in [5.41, 5.74) is 6.82. The monoisotopic (exact) mass is 369 g/mol. The van der Waals surface area contributed by atoms with Crippen molar-refractivity contribution in [3.63, 3.8) is 0 Å². The highest BCUT2D eigenvalue weighted by molar-refractivity contribution is 5.95. The molecule has 140 valence electrons. The molecular weight excluding hydrogens is 346 g/mol. The number of piperazine rings is 1. The Bertz CT molecular complexity index is 1080. The first-order valence-electron chi connectivity index (χ1n) is 9.69. The number of nitrogens with one attached hydrogen (secondary N) is 1. The third-order valence-electron chi connectivity index (χ3n) is 5.59. The van der Waals surface area contributed by atoms with Gasteiger partial charge < -0.3 is 14.8 Å². The van der Waals surface area contributed by atoms with Crippen LogP contribution in [0.5, 0.6) is 0 Å². The van der Waals surface area contributed by atoms with Crippen LogP contribution in [0.4, 0.5) is 5.69 Å². The second-order valence-electron chi connectivity index (χ2n) is 7.40. The number of aromatic amines is 1. The van der Waals surface area contributed by atoms with Crippen LogP contribution < -0.4 is 4.90 Å². The quantitative estimate of drug-likeness (QED) is 0.592. The average Bonchev–Trinajstić information content (AvgIpc) is 3.18. The normalized spacial score (nSPS) is 15.2. The van der Waals surface area contributed by atoms with Crippen LogP contribution in [0.25, 0.3) is 33.3 Å². The maximum atomic E-state index is 4.64. The first kappa shape index (κ1) is 17.0. The van der Waals surface area contributed by atoms with Crippen LogP contribution in [0, 0.1) is 0 Å². The van der Waals surface area contributed by atoms with E-state index >= 15 is 0 Å². The highest BCUT2D eigenvalue weighted by atomic mass is 15.2. The Labute approximate surface area is 164 Å². The van der Waals surface area contributed by atoms with Crippen molar-refractivity contribution in [1.82, 2.24) is 19.9 Å². The van der Waals surface area contributed by atoms with Crippen LogP contribution in [0.2, 0.25) is 0 Å². The molecule has 0 bridgehead atoms. The van der Waals surface area contributed by atoms with E-state index in [4.69, 9.17) is 0 Å². The first-order valence-corrected chi connectivity index (χ1v) is 9.69. The van der Waals surface area contributed by atoms with Gasteiger partial charge in [-0.15, -0.1) is 0 Å². The molecule has 0 aliphatic carbocycles. The summed E-state index contributed by atoms with van der Waals surface area (Å²) in [4.78, 5) is 16.9. The minimum atomic E-state index is 0.907. The third kappa shape index (κ3) is 3.14. The Balaban J connectivity index is 1.46. The van der Waals surface area contributed by atoms with Gasteiger partial charge in [-0.1, -0.05) is 12.1 Å². The summed E-state index contributed by atoms with van der Waals surface area (Å²) in [7, 11) is 2.19. The van der Waals surface area contributed by atoms with Crippen LogP contribution in [0.3, 0.4) is 0 Å². The first-order chi connectivity index (χ1) is 13.8. The molecule has 4 aromatic rings. The second kappa shape index (κ2) is 7.09. The number of hydrogen-bond acceptors (Lipinski definition) is 4. The van der Waals surface area contributed by atoms with Crippen LogP contribution in [-0.4, -0.2) is 53.1 Å². The van der Waals surface area contributed by atoms with Crippen LogP contribution >= 0.6 is 0 Å². The molecule has 1 aliphatic rings. The molecule has 1 aromatic carbocycles. The molecule has 3 aromatic heterocycles. The Hall–Kier alpha value is -3.18. The van der Waals surface area contributed by atoms with Crippen molar-refractivity contribution >= 4 is 16.7 Å². The number of hydrogen-bond donors (Lipinski definition) is 1. The van der Waals surface area contributed by atoms with Crippen LogP contribution in [0.1, 0.15) is 0 Å². The highest BCUT2D eigenvalue weighted by Gasteiger charge is 2.14. The Morgan fingerprint density at radius 3 is 2.36 bits per heavy atom. The van der Waals surface area contributed by atoms with E-state index in [0.717, 1.165) is 53.9 Å². The number of benzene rings is 1. The zero-order valence-electron chi connectivity index (χ0n) is 16.0. The minimum absolute atomic E-state index is 0.907. The Morgan fingerprint density at radius 1 is 0.857 bits per heavy atom. The zero-order valence-corrected chi connectivity index (χ0v) is 16.0. The van der Waals surface area contributed by atoms with Gasteiger partial charge in [0.05, 0.1) is 0 Å². The summed E-state index contributed by atoms with van der Waals surface area (Å²) >= 11 is 0. The molecule has 28 heavy (non-hydrogen) atoms. The van der Waals surface area contributed by atoms with Crippen molar-refractivity contribution in [2.75, 3.05) is 38.1 Å². The fraction of sp³-hybridized carbons (Fsp3) is 0.217. The molecule has 1 fully saturated rings. The van der Waals surface area contributed by atoms with Crippen molar-refractivity contribution in [1.29, 1.82) is 0 Å². The summed E-state index contributed by atoms with van der Waals surface area (Å²) in [5.74, 6) is 0. The summed E-state index contributed by atoms with van der Waals surface area (Å²) < 4.78 is 0. The average molecular weight is 369 g/mol. The Morgan fingerprint density at radius 2 is 1.61 bits per heavy atom. The molecule has 0 amide bonds. The fourth-order valence-electron chi connectivity index (χ4n) is 3.86. The molecular formula is C23H23N5. The predicted octanol–water partition coefficient (Wildman–Crippen LogP) is 4.04. The largest absolute Gasteiger partial charge is 0.369 e. The molecule has 0 radical (unpaired) electrons. The van der Waals surface area contributed by atoms with Crippen molar-refractivity contribution < 1.29 is 0 Å². The minimum Gasteiger partial charge on any atom is -0.369 e. The number of likely N-dealkylation sites (N-methyl/N-ethyl adjacent to an activating group) is 1. The summed E-state index contributed by atoms with van der Waals surface area (Å²) in [6, 6.07) is 15.1. The van der Waals surface area contributed by atoms with Gasteiger partial charge in [-0.2, -0.15) is 0 Å². The molecule has 1 aliphatic heterocycles. The molecule has 5 rings (SSSR count). The number of anilines is 1. The number of pyridine rings is 2. The van der Waals surface area contributed by atoms with Crippen LogP contribution in [0.15, 0.2) is 67.3 Å². The van der Waals surface area contributed by atoms with Crippen LogP contribution in [-0.2, 0) is 0 Å².